The van der Waals surface area contributed by atoms with Gasteiger partial charge in [0.2, 0.25) is 0 Å². The molecule has 2 aromatic rings. The average molecular weight is 326 g/mol. The van der Waals surface area contributed by atoms with Gasteiger partial charge in [-0.2, -0.15) is 0 Å². The van der Waals surface area contributed by atoms with E-state index in [0.717, 1.165) is 22.9 Å². The second-order valence-corrected chi connectivity index (χ2v) is 6.48. The van der Waals surface area contributed by atoms with Gasteiger partial charge in [-0.3, -0.25) is 4.79 Å². The standard InChI is InChI=1S/C19H26N4O/c1-12(2)16-10-17(23-18(22-16)13(3)4)21-11-14-7-6-8-15(9-14)19(24)20-5/h6-10,12-13H,11H2,1-5H3,(H,20,24)(H,21,22,23). The number of nitrogens with one attached hydrogen (secondary N) is 2. The maximum atomic E-state index is 11.7. The molecule has 0 aliphatic rings. The van der Waals surface area contributed by atoms with E-state index in [0.29, 0.717) is 18.0 Å². The van der Waals surface area contributed by atoms with Crippen molar-refractivity contribution in [2.75, 3.05) is 12.4 Å². The molecule has 0 aliphatic heterocycles. The van der Waals surface area contributed by atoms with Crippen molar-refractivity contribution >= 4 is 11.7 Å². The summed E-state index contributed by atoms with van der Waals surface area (Å²) in [5.74, 6) is 2.22. The minimum Gasteiger partial charge on any atom is -0.366 e. The van der Waals surface area contributed by atoms with Crippen LogP contribution in [0.4, 0.5) is 5.82 Å². The molecule has 5 heteroatoms. The molecule has 0 saturated heterocycles. The predicted molar refractivity (Wildman–Crippen MR) is 97.4 cm³/mol. The Balaban J connectivity index is 2.18. The number of rotatable bonds is 6. The van der Waals surface area contributed by atoms with Gasteiger partial charge >= 0.3 is 0 Å². The zero-order valence-electron chi connectivity index (χ0n) is 15.1. The SMILES string of the molecule is CNC(=O)c1cccc(CNc2cc(C(C)C)nc(C(C)C)n2)c1. The summed E-state index contributed by atoms with van der Waals surface area (Å²) in [6.07, 6.45) is 0. The minimum atomic E-state index is -0.0805. The smallest absolute Gasteiger partial charge is 0.251 e. The number of anilines is 1. The van der Waals surface area contributed by atoms with Gasteiger partial charge in [0.25, 0.3) is 5.91 Å². The molecule has 1 heterocycles. The van der Waals surface area contributed by atoms with Crippen LogP contribution in [0.15, 0.2) is 30.3 Å². The molecular formula is C19H26N4O. The van der Waals surface area contributed by atoms with Crippen LogP contribution in [0.25, 0.3) is 0 Å². The van der Waals surface area contributed by atoms with Gasteiger partial charge in [-0.25, -0.2) is 9.97 Å². The Morgan fingerprint density at radius 1 is 1.08 bits per heavy atom. The molecule has 0 saturated carbocycles. The Bertz CT molecular complexity index is 684. The van der Waals surface area contributed by atoms with E-state index in [9.17, 15) is 4.79 Å². The van der Waals surface area contributed by atoms with Gasteiger partial charge in [-0.05, 0) is 23.6 Å². The van der Waals surface area contributed by atoms with Crippen LogP contribution in [0, 0.1) is 0 Å². The third kappa shape index (κ3) is 4.54. The summed E-state index contributed by atoms with van der Waals surface area (Å²) in [4.78, 5) is 21.0. The van der Waals surface area contributed by atoms with E-state index >= 15 is 0 Å². The highest BCUT2D eigenvalue weighted by molar-refractivity contribution is 5.94. The van der Waals surface area contributed by atoms with E-state index in [1.165, 1.54) is 0 Å². The molecule has 2 N–H and O–H groups in total. The van der Waals surface area contributed by atoms with E-state index in [2.05, 4.69) is 48.3 Å². The third-order valence-corrected chi connectivity index (χ3v) is 3.76. The number of benzene rings is 1. The molecule has 0 radical (unpaired) electrons. The molecule has 128 valence electrons. The van der Waals surface area contributed by atoms with Crippen molar-refractivity contribution in [1.29, 1.82) is 0 Å². The average Bonchev–Trinajstić information content (AvgIpc) is 2.59. The summed E-state index contributed by atoms with van der Waals surface area (Å²) >= 11 is 0. The summed E-state index contributed by atoms with van der Waals surface area (Å²) in [6.45, 7) is 9.05. The van der Waals surface area contributed by atoms with Crippen molar-refractivity contribution in [2.45, 2.75) is 46.1 Å². The second-order valence-electron chi connectivity index (χ2n) is 6.48. The highest BCUT2D eigenvalue weighted by Crippen LogP contribution is 2.20. The quantitative estimate of drug-likeness (QED) is 0.849. The molecule has 5 nitrogen and oxygen atoms in total. The summed E-state index contributed by atoms with van der Waals surface area (Å²) < 4.78 is 0. The molecular weight excluding hydrogens is 300 g/mol. The maximum Gasteiger partial charge on any atom is 0.251 e. The van der Waals surface area contributed by atoms with Crippen LogP contribution in [0.3, 0.4) is 0 Å². The third-order valence-electron chi connectivity index (χ3n) is 3.76. The Hall–Kier alpha value is -2.43. The van der Waals surface area contributed by atoms with Crippen molar-refractivity contribution in [2.24, 2.45) is 0 Å². The van der Waals surface area contributed by atoms with E-state index in [1.54, 1.807) is 13.1 Å². The van der Waals surface area contributed by atoms with Crippen LogP contribution in [-0.4, -0.2) is 22.9 Å². The zero-order valence-corrected chi connectivity index (χ0v) is 15.1. The lowest BCUT2D eigenvalue weighted by atomic mass is 10.1. The first-order valence-electron chi connectivity index (χ1n) is 8.34. The molecule has 0 unspecified atom stereocenters. The van der Waals surface area contributed by atoms with Crippen LogP contribution >= 0.6 is 0 Å². The van der Waals surface area contributed by atoms with Crippen molar-refractivity contribution < 1.29 is 4.79 Å². The Kier molecular flexibility index (Phi) is 5.90. The number of carbonyl (C=O) groups is 1. The van der Waals surface area contributed by atoms with Gasteiger partial charge in [0.15, 0.2) is 0 Å². The molecule has 0 fully saturated rings. The van der Waals surface area contributed by atoms with E-state index in [-0.39, 0.29) is 11.8 Å². The van der Waals surface area contributed by atoms with Crippen molar-refractivity contribution in [3.63, 3.8) is 0 Å². The maximum absolute atomic E-state index is 11.7. The number of hydrogen-bond donors (Lipinski definition) is 2. The number of carbonyl (C=O) groups excluding carboxylic acids is 1. The normalized spacial score (nSPS) is 11.0. The van der Waals surface area contributed by atoms with Crippen molar-refractivity contribution in [3.8, 4) is 0 Å². The zero-order chi connectivity index (χ0) is 17.7. The fourth-order valence-corrected chi connectivity index (χ4v) is 2.29. The summed E-state index contributed by atoms with van der Waals surface area (Å²) in [5, 5.41) is 5.99. The van der Waals surface area contributed by atoms with Gasteiger partial charge in [0.1, 0.15) is 11.6 Å². The lowest BCUT2D eigenvalue weighted by molar-refractivity contribution is 0.0963. The van der Waals surface area contributed by atoms with Gasteiger partial charge < -0.3 is 10.6 Å². The monoisotopic (exact) mass is 326 g/mol. The van der Waals surface area contributed by atoms with Crippen molar-refractivity contribution in [3.05, 3.63) is 53.0 Å². The topological polar surface area (TPSA) is 66.9 Å². The highest BCUT2D eigenvalue weighted by Gasteiger charge is 2.11. The Labute approximate surface area is 143 Å². The first-order chi connectivity index (χ1) is 11.4. The minimum absolute atomic E-state index is 0.0805. The first kappa shape index (κ1) is 17.9. The van der Waals surface area contributed by atoms with Gasteiger partial charge in [-0.1, -0.05) is 39.8 Å². The molecule has 1 aromatic heterocycles. The van der Waals surface area contributed by atoms with E-state index in [4.69, 9.17) is 0 Å². The van der Waals surface area contributed by atoms with Gasteiger partial charge in [0, 0.05) is 36.8 Å². The predicted octanol–water partition coefficient (Wildman–Crippen LogP) is 3.70. The Morgan fingerprint density at radius 3 is 2.46 bits per heavy atom. The molecule has 1 amide bonds. The van der Waals surface area contributed by atoms with E-state index in [1.807, 2.05) is 24.3 Å². The molecule has 0 bridgehead atoms. The molecule has 2 rings (SSSR count). The number of aromatic nitrogens is 2. The molecule has 0 aliphatic carbocycles. The van der Waals surface area contributed by atoms with Gasteiger partial charge in [0.05, 0.1) is 0 Å². The second kappa shape index (κ2) is 7.90. The fraction of sp³-hybridized carbons (Fsp3) is 0.421. The summed E-state index contributed by atoms with van der Waals surface area (Å²) in [5.41, 5.74) is 2.73. The molecule has 0 atom stereocenters. The van der Waals surface area contributed by atoms with Crippen LogP contribution in [0.2, 0.25) is 0 Å². The first-order valence-corrected chi connectivity index (χ1v) is 8.34. The van der Waals surface area contributed by atoms with Crippen LogP contribution in [0.5, 0.6) is 0 Å². The van der Waals surface area contributed by atoms with Crippen LogP contribution < -0.4 is 10.6 Å². The number of hydrogen-bond acceptors (Lipinski definition) is 4. The summed E-state index contributed by atoms with van der Waals surface area (Å²) in [7, 11) is 1.63. The lowest BCUT2D eigenvalue weighted by Gasteiger charge is -2.13. The summed E-state index contributed by atoms with van der Waals surface area (Å²) in [6, 6.07) is 9.58. The lowest BCUT2D eigenvalue weighted by Crippen LogP contribution is -2.18. The molecule has 1 aromatic carbocycles. The highest BCUT2D eigenvalue weighted by atomic mass is 16.1. The Morgan fingerprint density at radius 2 is 1.83 bits per heavy atom. The van der Waals surface area contributed by atoms with Gasteiger partial charge in [-0.15, -0.1) is 0 Å². The number of nitrogens with zero attached hydrogens (tertiary/aromatic N) is 2. The fourth-order valence-electron chi connectivity index (χ4n) is 2.29. The van der Waals surface area contributed by atoms with E-state index < -0.39 is 0 Å². The van der Waals surface area contributed by atoms with Crippen LogP contribution in [0.1, 0.15) is 67.0 Å². The molecule has 0 spiro atoms. The molecule has 24 heavy (non-hydrogen) atoms. The van der Waals surface area contributed by atoms with Crippen LogP contribution in [-0.2, 0) is 6.54 Å². The largest absolute Gasteiger partial charge is 0.366 e. The van der Waals surface area contributed by atoms with Crippen molar-refractivity contribution in [1.82, 2.24) is 15.3 Å². The number of amides is 1.